The zero-order chi connectivity index (χ0) is 25.7. The molecule has 4 heterocycles. The predicted molar refractivity (Wildman–Crippen MR) is 144 cm³/mol. The van der Waals surface area contributed by atoms with Gasteiger partial charge in [-0.25, -0.2) is 4.98 Å². The predicted octanol–water partition coefficient (Wildman–Crippen LogP) is 7.55. The van der Waals surface area contributed by atoms with Crippen molar-refractivity contribution in [3.05, 3.63) is 64.2 Å². The third-order valence-corrected chi connectivity index (χ3v) is 9.24. The molecule has 0 amide bonds. The van der Waals surface area contributed by atoms with E-state index in [9.17, 15) is 0 Å². The molecule has 0 atom stereocenters. The van der Waals surface area contributed by atoms with Gasteiger partial charge in [-0.2, -0.15) is 0 Å². The van der Waals surface area contributed by atoms with Crippen LogP contribution in [0.15, 0.2) is 47.4 Å². The lowest BCUT2D eigenvalue weighted by Crippen LogP contribution is -2.49. The Hall–Kier alpha value is -2.74. The summed E-state index contributed by atoms with van der Waals surface area (Å²) in [6, 6.07) is 7.75. The topological polar surface area (TPSA) is 83.2 Å². The minimum atomic E-state index is -0.129. The van der Waals surface area contributed by atoms with Gasteiger partial charge in [0.2, 0.25) is 5.88 Å². The average Bonchev–Trinajstić information content (AvgIpc) is 3.72. The van der Waals surface area contributed by atoms with E-state index in [-0.39, 0.29) is 11.0 Å². The van der Waals surface area contributed by atoms with Crippen LogP contribution in [-0.2, 0) is 11.3 Å². The normalized spacial score (nSPS) is 24.7. The fraction of sp³-hybridized carbons (Fsp3) is 0.448. The smallest absolute Gasteiger partial charge is 0.213 e. The van der Waals surface area contributed by atoms with Gasteiger partial charge in [0.15, 0.2) is 0 Å². The van der Waals surface area contributed by atoms with Crippen molar-refractivity contribution in [2.24, 2.45) is 5.41 Å². The molecule has 2 bridgehead atoms. The number of fused-ring (bicyclic) bond motifs is 4. The van der Waals surface area contributed by atoms with Crippen molar-refractivity contribution < 1.29 is 14.0 Å². The van der Waals surface area contributed by atoms with Crippen molar-refractivity contribution in [3.63, 3.8) is 0 Å². The van der Waals surface area contributed by atoms with Crippen LogP contribution in [0.25, 0.3) is 22.3 Å². The number of halogens is 2. The molecule has 0 saturated heterocycles. The molecule has 4 aliphatic carbocycles. The number of nitrogens with zero attached hydrogens (tertiary/aromatic N) is 4. The Bertz CT molecular complexity index is 1460. The van der Waals surface area contributed by atoms with E-state index in [4.69, 9.17) is 37.2 Å². The van der Waals surface area contributed by atoms with Crippen LogP contribution >= 0.6 is 23.2 Å². The number of aromatic nitrogens is 4. The zero-order valence-electron chi connectivity index (χ0n) is 21.0. The van der Waals surface area contributed by atoms with E-state index in [2.05, 4.69) is 20.1 Å². The molecule has 0 aliphatic heterocycles. The van der Waals surface area contributed by atoms with Crippen LogP contribution in [0.4, 0.5) is 0 Å². The molecular formula is C29H28Cl2N4O3. The molecule has 8 rings (SSSR count). The quantitative estimate of drug-likeness (QED) is 0.224. The first-order valence-electron chi connectivity index (χ1n) is 13.3. The summed E-state index contributed by atoms with van der Waals surface area (Å²) >= 11 is 13.0. The lowest BCUT2D eigenvalue weighted by molar-refractivity contribution is -0.150. The molecule has 7 nitrogen and oxygen atoms in total. The summed E-state index contributed by atoms with van der Waals surface area (Å²) in [5.41, 5.74) is 4.09. The summed E-state index contributed by atoms with van der Waals surface area (Å²) in [7, 11) is 0. The van der Waals surface area contributed by atoms with Crippen molar-refractivity contribution >= 4 is 34.2 Å². The number of hydrogen-bond donors (Lipinski definition) is 0. The van der Waals surface area contributed by atoms with E-state index >= 15 is 0 Å². The van der Waals surface area contributed by atoms with Crippen LogP contribution in [0.2, 0.25) is 10.0 Å². The zero-order valence-corrected chi connectivity index (χ0v) is 22.5. The summed E-state index contributed by atoms with van der Waals surface area (Å²) < 4.78 is 18.8. The maximum absolute atomic E-state index is 6.76. The second-order valence-electron chi connectivity index (χ2n) is 11.1. The van der Waals surface area contributed by atoms with Gasteiger partial charge in [0.05, 0.1) is 39.9 Å². The first kappa shape index (κ1) is 24.3. The summed E-state index contributed by atoms with van der Waals surface area (Å²) in [6.45, 7) is 1.13. The van der Waals surface area contributed by atoms with E-state index in [1.165, 1.54) is 0 Å². The Balaban J connectivity index is 1.04. The van der Waals surface area contributed by atoms with Gasteiger partial charge in [0, 0.05) is 47.1 Å². The first-order valence-corrected chi connectivity index (χ1v) is 14.1. The minimum absolute atomic E-state index is 0.129. The van der Waals surface area contributed by atoms with Crippen molar-refractivity contribution in [1.29, 1.82) is 0 Å². The molecule has 4 saturated carbocycles. The fourth-order valence-electron chi connectivity index (χ4n) is 6.09. The second-order valence-corrected chi connectivity index (χ2v) is 11.9. The molecule has 0 radical (unpaired) electrons. The lowest BCUT2D eigenvalue weighted by Gasteiger charge is -2.52. The Kier molecular flexibility index (Phi) is 6.06. The van der Waals surface area contributed by atoms with Crippen molar-refractivity contribution in [2.45, 2.75) is 69.5 Å². The summed E-state index contributed by atoms with van der Waals surface area (Å²) in [5, 5.41) is 5.32. The largest absolute Gasteiger partial charge is 0.477 e. The monoisotopic (exact) mass is 550 g/mol. The summed E-state index contributed by atoms with van der Waals surface area (Å²) in [6.07, 6.45) is 13.5. The highest BCUT2D eigenvalue weighted by molar-refractivity contribution is 6.38. The van der Waals surface area contributed by atoms with Crippen LogP contribution in [0.1, 0.15) is 68.6 Å². The van der Waals surface area contributed by atoms with Crippen molar-refractivity contribution in [2.75, 3.05) is 6.61 Å². The molecule has 4 aliphatic rings. The van der Waals surface area contributed by atoms with Gasteiger partial charge < -0.3 is 14.0 Å². The van der Waals surface area contributed by atoms with Crippen LogP contribution in [0, 0.1) is 5.41 Å². The molecule has 0 unspecified atom stereocenters. The number of pyridine rings is 3. The highest BCUT2D eigenvalue weighted by Gasteiger charge is 2.50. The second kappa shape index (κ2) is 9.47. The van der Waals surface area contributed by atoms with E-state index in [1.807, 2.05) is 24.3 Å². The third kappa shape index (κ3) is 4.44. The Labute approximate surface area is 230 Å². The fourth-order valence-corrected chi connectivity index (χ4v) is 6.64. The lowest BCUT2D eigenvalue weighted by atomic mass is 9.59. The van der Waals surface area contributed by atoms with E-state index in [1.54, 1.807) is 18.6 Å². The number of rotatable bonds is 8. The van der Waals surface area contributed by atoms with Gasteiger partial charge in [-0.05, 0) is 69.6 Å². The molecule has 38 heavy (non-hydrogen) atoms. The number of hydrogen-bond acceptors (Lipinski definition) is 7. The van der Waals surface area contributed by atoms with Crippen LogP contribution in [-0.4, -0.2) is 32.3 Å². The maximum atomic E-state index is 6.76. The van der Waals surface area contributed by atoms with Crippen molar-refractivity contribution in [3.8, 4) is 17.1 Å². The molecule has 9 heteroatoms. The van der Waals surface area contributed by atoms with E-state index in [0.717, 1.165) is 73.7 Å². The van der Waals surface area contributed by atoms with Gasteiger partial charge >= 0.3 is 0 Å². The Morgan fingerprint density at radius 2 is 1.71 bits per heavy atom. The highest BCUT2D eigenvalue weighted by Crippen LogP contribution is 2.55. The molecule has 4 aromatic rings. The Morgan fingerprint density at radius 3 is 2.45 bits per heavy atom. The average molecular weight is 551 g/mol. The maximum Gasteiger partial charge on any atom is 0.213 e. The van der Waals surface area contributed by atoms with Gasteiger partial charge in [-0.1, -0.05) is 28.4 Å². The van der Waals surface area contributed by atoms with Gasteiger partial charge in [0.1, 0.15) is 11.5 Å². The van der Waals surface area contributed by atoms with E-state index in [0.29, 0.717) is 46.3 Å². The molecule has 0 aromatic carbocycles. The standard InChI is InChI=1S/C29H28Cl2N4O3/c30-20-14-32-15-21(31)25(20)26-19(27(38-35-26)18-3-4-18)16-37-29-10-7-28(8-11-29,9-12-29)17-36-24-6-5-22-23(34-24)2-1-13-33-22/h1-2,5-6,13-15,18H,3-4,7-12,16-17H2. The van der Waals surface area contributed by atoms with Crippen LogP contribution in [0.3, 0.4) is 0 Å². The molecule has 0 N–H and O–H groups in total. The summed E-state index contributed by atoms with van der Waals surface area (Å²) in [4.78, 5) is 13.1. The van der Waals surface area contributed by atoms with E-state index < -0.39 is 0 Å². The molecule has 196 valence electrons. The molecule has 0 spiro atoms. The SMILES string of the molecule is Clc1cncc(Cl)c1-c1noc(C2CC2)c1COC12CCC(COc3ccc4ncccc4n3)(CC1)CC2. The summed E-state index contributed by atoms with van der Waals surface area (Å²) in [5.74, 6) is 1.97. The van der Waals surface area contributed by atoms with Gasteiger partial charge in [0.25, 0.3) is 0 Å². The van der Waals surface area contributed by atoms with Crippen LogP contribution in [0.5, 0.6) is 5.88 Å². The van der Waals surface area contributed by atoms with Gasteiger partial charge in [-0.15, -0.1) is 0 Å². The molecular weight excluding hydrogens is 523 g/mol. The molecule has 4 aromatic heterocycles. The third-order valence-electron chi connectivity index (χ3n) is 8.67. The Morgan fingerprint density at radius 1 is 0.947 bits per heavy atom. The first-order chi connectivity index (χ1) is 18.5. The van der Waals surface area contributed by atoms with Crippen molar-refractivity contribution in [1.82, 2.24) is 20.1 Å². The van der Waals surface area contributed by atoms with Gasteiger partial charge in [-0.3, -0.25) is 9.97 Å². The highest BCUT2D eigenvalue weighted by atomic mass is 35.5. The number of ether oxygens (including phenoxy) is 2. The minimum Gasteiger partial charge on any atom is -0.477 e. The van der Waals surface area contributed by atoms with Crippen LogP contribution < -0.4 is 4.74 Å². The molecule has 4 fully saturated rings.